The van der Waals surface area contributed by atoms with Gasteiger partial charge in [0, 0.05) is 16.7 Å². The molecule has 0 unspecified atom stereocenters. The van der Waals surface area contributed by atoms with Gasteiger partial charge in [-0.3, -0.25) is 5.73 Å². The van der Waals surface area contributed by atoms with Crippen LogP contribution in [0.5, 0.6) is 0 Å². The molecule has 1 heterocycles. The second kappa shape index (κ2) is 3.90. The van der Waals surface area contributed by atoms with E-state index in [0.717, 1.165) is 28.7 Å². The second-order valence-electron chi connectivity index (χ2n) is 4.11. The largest absolute Gasteiger partial charge is 0.286 e. The van der Waals surface area contributed by atoms with E-state index < -0.39 is 0 Å². The standard InChI is InChI=1S/C14H11ClN2/c15-11-5-3-6-12(8-11)17-9-10-4-1-2-7-13(10)14(17)16/h1-8,16H,9H2/p+1. The molecule has 0 spiro atoms. The predicted molar refractivity (Wildman–Crippen MR) is 69.8 cm³/mol. The van der Waals surface area contributed by atoms with Crippen LogP contribution >= 0.6 is 11.6 Å². The van der Waals surface area contributed by atoms with Crippen molar-refractivity contribution in [1.29, 1.82) is 0 Å². The topological polar surface area (TPSA) is 29.0 Å². The number of hydrogen-bond donors (Lipinski definition) is 1. The molecule has 1 aliphatic heterocycles. The van der Waals surface area contributed by atoms with E-state index in [4.69, 9.17) is 17.3 Å². The van der Waals surface area contributed by atoms with E-state index in [9.17, 15) is 0 Å². The van der Waals surface area contributed by atoms with Crippen molar-refractivity contribution in [2.24, 2.45) is 5.73 Å². The van der Waals surface area contributed by atoms with Gasteiger partial charge >= 0.3 is 0 Å². The number of amidine groups is 1. The number of halogens is 1. The molecule has 3 rings (SSSR count). The summed E-state index contributed by atoms with van der Waals surface area (Å²) in [6.45, 7) is 0.808. The Balaban J connectivity index is 2.11. The highest BCUT2D eigenvalue weighted by Gasteiger charge is 2.25. The lowest BCUT2D eigenvalue weighted by atomic mass is 10.1. The van der Waals surface area contributed by atoms with Crippen molar-refractivity contribution < 1.29 is 4.58 Å². The van der Waals surface area contributed by atoms with Crippen LogP contribution in [0.15, 0.2) is 48.5 Å². The molecule has 0 bridgehead atoms. The van der Waals surface area contributed by atoms with E-state index in [0.29, 0.717) is 0 Å². The molecule has 0 saturated carbocycles. The summed E-state index contributed by atoms with van der Waals surface area (Å²) >= 11 is 6.01. The van der Waals surface area contributed by atoms with Gasteiger partial charge in [-0.1, -0.05) is 35.9 Å². The molecule has 0 aromatic heterocycles. The average Bonchev–Trinajstić information content (AvgIpc) is 2.68. The van der Waals surface area contributed by atoms with Crippen LogP contribution in [0.2, 0.25) is 5.02 Å². The van der Waals surface area contributed by atoms with Crippen LogP contribution in [0, 0.1) is 0 Å². The Morgan fingerprint density at radius 2 is 1.88 bits per heavy atom. The van der Waals surface area contributed by atoms with Crippen molar-refractivity contribution in [2.75, 3.05) is 0 Å². The predicted octanol–water partition coefficient (Wildman–Crippen LogP) is 2.90. The van der Waals surface area contributed by atoms with Crippen molar-refractivity contribution in [3.05, 3.63) is 64.7 Å². The minimum Gasteiger partial charge on any atom is -0.286 e. The maximum atomic E-state index is 6.17. The second-order valence-corrected chi connectivity index (χ2v) is 4.54. The van der Waals surface area contributed by atoms with E-state index in [1.165, 1.54) is 5.56 Å². The van der Waals surface area contributed by atoms with Crippen LogP contribution in [0.25, 0.3) is 0 Å². The van der Waals surface area contributed by atoms with E-state index in [2.05, 4.69) is 16.7 Å². The third-order valence-corrected chi connectivity index (χ3v) is 3.27. The zero-order valence-electron chi connectivity index (χ0n) is 9.23. The van der Waals surface area contributed by atoms with E-state index >= 15 is 0 Å². The number of fused-ring (bicyclic) bond motifs is 1. The van der Waals surface area contributed by atoms with Crippen LogP contribution in [-0.2, 0) is 6.54 Å². The molecule has 1 aliphatic rings. The van der Waals surface area contributed by atoms with Gasteiger partial charge < -0.3 is 0 Å². The summed E-state index contributed by atoms with van der Waals surface area (Å²) in [5.74, 6) is 0.794. The molecule has 2 N–H and O–H groups in total. The highest BCUT2D eigenvalue weighted by Crippen LogP contribution is 2.25. The van der Waals surface area contributed by atoms with Gasteiger partial charge in [-0.2, -0.15) is 0 Å². The Morgan fingerprint density at radius 1 is 1.06 bits per heavy atom. The Bertz CT molecular complexity index is 617. The highest BCUT2D eigenvalue weighted by molar-refractivity contribution is 6.30. The van der Waals surface area contributed by atoms with E-state index in [1.54, 1.807) is 0 Å². The van der Waals surface area contributed by atoms with Gasteiger partial charge in [-0.15, -0.1) is 0 Å². The fourth-order valence-electron chi connectivity index (χ4n) is 2.18. The SMILES string of the molecule is NC1=[N+](c2cccc(Cl)c2)Cc2ccccc21. The van der Waals surface area contributed by atoms with Gasteiger partial charge in [0.05, 0.1) is 5.56 Å². The van der Waals surface area contributed by atoms with Crippen molar-refractivity contribution in [2.45, 2.75) is 6.54 Å². The molecular weight excluding hydrogens is 232 g/mol. The van der Waals surface area contributed by atoms with Crippen molar-refractivity contribution >= 4 is 23.1 Å². The third kappa shape index (κ3) is 1.71. The van der Waals surface area contributed by atoms with Gasteiger partial charge in [0.1, 0.15) is 12.2 Å². The van der Waals surface area contributed by atoms with Crippen LogP contribution in [0.4, 0.5) is 5.69 Å². The molecule has 2 aromatic carbocycles. The molecule has 2 aromatic rings. The van der Waals surface area contributed by atoms with E-state index in [1.807, 2.05) is 36.4 Å². The minimum absolute atomic E-state index is 0.728. The zero-order chi connectivity index (χ0) is 11.8. The third-order valence-electron chi connectivity index (χ3n) is 3.03. The maximum absolute atomic E-state index is 6.17. The average molecular weight is 244 g/mol. The van der Waals surface area contributed by atoms with Gasteiger partial charge in [-0.05, 0) is 18.2 Å². The van der Waals surface area contributed by atoms with E-state index in [-0.39, 0.29) is 0 Å². The van der Waals surface area contributed by atoms with Gasteiger partial charge in [0.25, 0.3) is 5.84 Å². The minimum atomic E-state index is 0.728. The molecule has 0 radical (unpaired) electrons. The summed E-state index contributed by atoms with van der Waals surface area (Å²) in [7, 11) is 0. The number of rotatable bonds is 1. The lowest BCUT2D eigenvalue weighted by Gasteiger charge is -2.02. The fourth-order valence-corrected chi connectivity index (χ4v) is 2.37. The van der Waals surface area contributed by atoms with Crippen LogP contribution in [0.3, 0.4) is 0 Å². The molecule has 0 amide bonds. The van der Waals surface area contributed by atoms with Gasteiger partial charge in [-0.25, -0.2) is 4.58 Å². The summed E-state index contributed by atoms with van der Waals surface area (Å²) in [5.41, 5.74) is 9.58. The Labute approximate surface area is 105 Å². The Hall–Kier alpha value is -1.80. The molecule has 0 atom stereocenters. The zero-order valence-corrected chi connectivity index (χ0v) is 9.98. The monoisotopic (exact) mass is 243 g/mol. The summed E-state index contributed by atoms with van der Waals surface area (Å²) < 4.78 is 2.08. The number of benzene rings is 2. The lowest BCUT2D eigenvalue weighted by Crippen LogP contribution is -2.19. The quantitative estimate of drug-likeness (QED) is 0.767. The molecule has 0 saturated heterocycles. The first-order chi connectivity index (χ1) is 8.25. The number of hydrogen-bond acceptors (Lipinski definition) is 1. The molecule has 17 heavy (non-hydrogen) atoms. The molecule has 84 valence electrons. The van der Waals surface area contributed by atoms with Crippen LogP contribution in [0.1, 0.15) is 11.1 Å². The maximum Gasteiger partial charge on any atom is 0.280 e. The highest BCUT2D eigenvalue weighted by atomic mass is 35.5. The summed E-state index contributed by atoms with van der Waals surface area (Å²) in [6.07, 6.45) is 0. The molecule has 0 aliphatic carbocycles. The summed E-state index contributed by atoms with van der Waals surface area (Å²) in [6, 6.07) is 16.0. The molecule has 2 nitrogen and oxygen atoms in total. The molecule has 3 heteroatoms. The van der Waals surface area contributed by atoms with Gasteiger partial charge in [0.2, 0.25) is 0 Å². The smallest absolute Gasteiger partial charge is 0.280 e. The van der Waals surface area contributed by atoms with Crippen LogP contribution in [-0.4, -0.2) is 10.4 Å². The van der Waals surface area contributed by atoms with Crippen molar-refractivity contribution in [3.63, 3.8) is 0 Å². The lowest BCUT2D eigenvalue weighted by molar-refractivity contribution is -0.453. The Kier molecular flexibility index (Phi) is 2.37. The van der Waals surface area contributed by atoms with Crippen LogP contribution < -0.4 is 5.73 Å². The first kappa shape index (κ1) is 10.4. The summed E-state index contributed by atoms with van der Waals surface area (Å²) in [5, 5.41) is 0.728. The Morgan fingerprint density at radius 3 is 2.65 bits per heavy atom. The molecule has 0 fully saturated rings. The normalized spacial score (nSPS) is 13.9. The van der Waals surface area contributed by atoms with Crippen molar-refractivity contribution in [1.82, 2.24) is 0 Å². The molecular formula is C14H12ClN2+. The first-order valence-corrected chi connectivity index (χ1v) is 5.87. The first-order valence-electron chi connectivity index (χ1n) is 5.49. The summed E-state index contributed by atoms with van der Waals surface area (Å²) in [4.78, 5) is 0. The van der Waals surface area contributed by atoms with Crippen molar-refractivity contribution in [3.8, 4) is 0 Å². The number of nitrogens with two attached hydrogens (primary N) is 1. The van der Waals surface area contributed by atoms with Gasteiger partial charge in [0.15, 0.2) is 0 Å². The number of nitrogens with zero attached hydrogens (tertiary/aromatic N) is 1. The fraction of sp³-hybridized carbons (Fsp3) is 0.0714.